The van der Waals surface area contributed by atoms with E-state index < -0.39 is 0 Å². The minimum Gasteiger partial charge on any atom is -0.411 e. The van der Waals surface area contributed by atoms with Crippen LogP contribution in [-0.4, -0.2) is 14.6 Å². The van der Waals surface area contributed by atoms with E-state index >= 15 is 0 Å². The summed E-state index contributed by atoms with van der Waals surface area (Å²) in [7, 11) is 0. The molecule has 10 heavy (non-hydrogen) atoms. The second-order valence-electron chi connectivity index (χ2n) is 1.58. The fourth-order valence-electron chi connectivity index (χ4n) is 0.576. The Balaban J connectivity index is 2.48. The lowest BCUT2D eigenvalue weighted by Gasteiger charge is -1.79. The third-order valence-electron chi connectivity index (χ3n) is 0.981. The second kappa shape index (κ2) is 2.18. The largest absolute Gasteiger partial charge is 0.411 e. The van der Waals surface area contributed by atoms with Gasteiger partial charge in [-0.05, 0) is 17.6 Å². The highest BCUT2D eigenvalue weighted by molar-refractivity contribution is 7.03. The zero-order chi connectivity index (χ0) is 6.81. The molecule has 2 heterocycles. The van der Waals surface area contributed by atoms with Crippen LogP contribution < -0.4 is 0 Å². The van der Waals surface area contributed by atoms with Gasteiger partial charge in [0.15, 0.2) is 0 Å². The third kappa shape index (κ3) is 0.801. The first-order valence-electron chi connectivity index (χ1n) is 2.57. The summed E-state index contributed by atoms with van der Waals surface area (Å²) in [5, 5.41) is 8.88. The molecule has 1 radical (unpaired) electrons. The number of hydrogen-bond donors (Lipinski definition) is 0. The lowest BCUT2D eigenvalue weighted by atomic mass is 10.4. The van der Waals surface area contributed by atoms with Crippen molar-refractivity contribution < 1.29 is 4.42 Å². The Morgan fingerprint density at radius 3 is 3.20 bits per heavy atom. The molecule has 5 heteroatoms. The number of aromatic nitrogens is 3. The summed E-state index contributed by atoms with van der Waals surface area (Å²) < 4.78 is 8.76. The monoisotopic (exact) mass is 152 g/mol. The predicted molar refractivity (Wildman–Crippen MR) is 34.2 cm³/mol. The molecule has 49 valence electrons. The van der Waals surface area contributed by atoms with Crippen molar-refractivity contribution in [2.24, 2.45) is 0 Å². The summed E-state index contributed by atoms with van der Waals surface area (Å²) in [6.07, 6.45) is 2.25. The molecule has 0 N–H and O–H groups in total. The van der Waals surface area contributed by atoms with Crippen LogP contribution in [0.4, 0.5) is 0 Å². The smallest absolute Gasteiger partial charge is 0.306 e. The molecule has 0 aliphatic carbocycles. The van der Waals surface area contributed by atoms with Gasteiger partial charge in [0.2, 0.25) is 0 Å². The molecule has 0 aromatic carbocycles. The van der Waals surface area contributed by atoms with E-state index in [1.54, 1.807) is 0 Å². The predicted octanol–water partition coefficient (Wildman–Crippen LogP) is 0.993. The fourth-order valence-corrected chi connectivity index (χ4v) is 1.08. The Bertz CT molecular complexity index is 256. The van der Waals surface area contributed by atoms with Gasteiger partial charge < -0.3 is 4.42 Å². The number of nitrogens with zero attached hydrogens (tertiary/aromatic N) is 3. The quantitative estimate of drug-likeness (QED) is 0.611. The van der Waals surface area contributed by atoms with Gasteiger partial charge in [0.05, 0.1) is 0 Å². The molecule has 2 aromatic rings. The Kier molecular flexibility index (Phi) is 1.21. The first-order valence-corrected chi connectivity index (χ1v) is 3.41. The zero-order valence-corrected chi connectivity index (χ0v) is 5.63. The van der Waals surface area contributed by atoms with Crippen LogP contribution in [0.5, 0.6) is 0 Å². The van der Waals surface area contributed by atoms with Gasteiger partial charge in [-0.25, -0.2) is 0 Å². The fraction of sp³-hybridized carbons (Fsp3) is 0. The van der Waals surface area contributed by atoms with Crippen molar-refractivity contribution in [2.45, 2.75) is 0 Å². The van der Waals surface area contributed by atoms with E-state index in [1.165, 1.54) is 11.5 Å². The van der Waals surface area contributed by atoms with Crippen LogP contribution in [0.1, 0.15) is 0 Å². The molecule has 0 bridgehead atoms. The minimum absolute atomic E-state index is 0.418. The maximum atomic E-state index is 4.77. The molecule has 0 aliphatic heterocycles. The second-order valence-corrected chi connectivity index (χ2v) is 2.25. The molecule has 0 aliphatic rings. The molecule has 4 nitrogen and oxygen atoms in total. The van der Waals surface area contributed by atoms with Crippen molar-refractivity contribution in [1.29, 1.82) is 0 Å². The highest BCUT2D eigenvalue weighted by Crippen LogP contribution is 2.13. The molecular weight excluding hydrogens is 150 g/mol. The summed E-state index contributed by atoms with van der Waals surface area (Å²) in [5.74, 6) is 0.418. The molecule has 0 unspecified atom stereocenters. The summed E-state index contributed by atoms with van der Waals surface area (Å²) in [6.45, 7) is 0. The van der Waals surface area contributed by atoms with E-state index in [0.717, 1.165) is 0 Å². The SMILES string of the molecule is [c]1nnc(-c2ccsn2)o1. The minimum atomic E-state index is 0.418. The Labute approximate surface area is 60.7 Å². The average molecular weight is 152 g/mol. The maximum absolute atomic E-state index is 4.77. The first-order chi connectivity index (χ1) is 4.97. The van der Waals surface area contributed by atoms with Crippen LogP contribution in [0, 0.1) is 6.39 Å². The molecule has 0 fully saturated rings. The van der Waals surface area contributed by atoms with Gasteiger partial charge in [-0.1, -0.05) is 0 Å². The van der Waals surface area contributed by atoms with E-state index in [0.29, 0.717) is 11.6 Å². The molecule has 2 aromatic heterocycles. The van der Waals surface area contributed by atoms with Crippen LogP contribution in [0.3, 0.4) is 0 Å². The van der Waals surface area contributed by atoms with Crippen molar-refractivity contribution in [1.82, 2.24) is 14.6 Å². The van der Waals surface area contributed by atoms with Gasteiger partial charge in [-0.3, -0.25) is 0 Å². The third-order valence-corrected chi connectivity index (χ3v) is 1.54. The van der Waals surface area contributed by atoms with Crippen molar-refractivity contribution in [3.63, 3.8) is 0 Å². The maximum Gasteiger partial charge on any atom is 0.306 e. The van der Waals surface area contributed by atoms with Gasteiger partial charge in [-0.15, -0.1) is 10.2 Å². The molecule has 0 atom stereocenters. The standard InChI is InChI=1S/C5H2N3OS/c1-2-10-8-4(1)5-7-6-3-9-5/h1-2H. The zero-order valence-electron chi connectivity index (χ0n) is 4.81. The lowest BCUT2D eigenvalue weighted by Crippen LogP contribution is -1.74. The normalized spacial score (nSPS) is 10.0. The lowest BCUT2D eigenvalue weighted by molar-refractivity contribution is 0.557. The van der Waals surface area contributed by atoms with E-state index in [9.17, 15) is 0 Å². The van der Waals surface area contributed by atoms with Gasteiger partial charge in [0.1, 0.15) is 5.69 Å². The van der Waals surface area contributed by atoms with Crippen molar-refractivity contribution in [3.8, 4) is 11.6 Å². The Morgan fingerprint density at radius 2 is 2.60 bits per heavy atom. The van der Waals surface area contributed by atoms with Gasteiger partial charge in [0.25, 0.3) is 5.89 Å². The Hall–Kier alpha value is -1.23. The average Bonchev–Trinajstić information content (AvgIpc) is 2.59. The van der Waals surface area contributed by atoms with Gasteiger partial charge >= 0.3 is 6.39 Å². The summed E-state index contributed by atoms with van der Waals surface area (Å²) >= 11 is 1.35. The van der Waals surface area contributed by atoms with Gasteiger partial charge in [0, 0.05) is 5.38 Å². The van der Waals surface area contributed by atoms with E-state index in [4.69, 9.17) is 4.42 Å². The van der Waals surface area contributed by atoms with Gasteiger partial charge in [-0.2, -0.15) is 4.37 Å². The number of rotatable bonds is 1. The summed E-state index contributed by atoms with van der Waals surface area (Å²) in [5.41, 5.74) is 0.707. The molecule has 0 saturated heterocycles. The van der Waals surface area contributed by atoms with Crippen LogP contribution >= 0.6 is 11.5 Å². The molecule has 0 amide bonds. The van der Waals surface area contributed by atoms with Crippen LogP contribution in [0.2, 0.25) is 0 Å². The first kappa shape index (κ1) is 5.55. The van der Waals surface area contributed by atoms with Crippen molar-refractivity contribution in [3.05, 3.63) is 17.8 Å². The molecule has 2 rings (SSSR count). The summed E-state index contributed by atoms with van der Waals surface area (Å²) in [6, 6.07) is 1.81. The van der Waals surface area contributed by atoms with Crippen molar-refractivity contribution in [2.75, 3.05) is 0 Å². The highest BCUT2D eigenvalue weighted by atomic mass is 32.1. The van der Waals surface area contributed by atoms with E-state index in [1.807, 2.05) is 11.4 Å². The number of hydrogen-bond acceptors (Lipinski definition) is 5. The van der Waals surface area contributed by atoms with E-state index in [2.05, 4.69) is 21.0 Å². The van der Waals surface area contributed by atoms with Crippen LogP contribution in [-0.2, 0) is 0 Å². The molecule has 0 spiro atoms. The molecular formula is C5H2N3OS. The topological polar surface area (TPSA) is 51.8 Å². The van der Waals surface area contributed by atoms with Crippen LogP contribution in [0.15, 0.2) is 15.9 Å². The molecule has 0 saturated carbocycles. The Morgan fingerprint density at radius 1 is 1.60 bits per heavy atom. The summed E-state index contributed by atoms with van der Waals surface area (Å²) in [4.78, 5) is 0. The van der Waals surface area contributed by atoms with Crippen LogP contribution in [0.25, 0.3) is 11.6 Å². The van der Waals surface area contributed by atoms with E-state index in [-0.39, 0.29) is 0 Å². The highest BCUT2D eigenvalue weighted by Gasteiger charge is 2.03. The van der Waals surface area contributed by atoms with Crippen molar-refractivity contribution >= 4 is 11.5 Å².